The zero-order chi connectivity index (χ0) is 14.7. The molecule has 0 aromatic heterocycles. The van der Waals surface area contributed by atoms with Crippen LogP contribution >= 0.6 is 15.9 Å². The molecule has 0 radical (unpaired) electrons. The third-order valence-corrected chi connectivity index (χ3v) is 4.49. The minimum Gasteiger partial charge on any atom is -0.262 e. The van der Waals surface area contributed by atoms with E-state index in [2.05, 4.69) is 15.9 Å². The summed E-state index contributed by atoms with van der Waals surface area (Å²) >= 11 is 3.46. The molecule has 108 valence electrons. The number of alkyl halides is 1. The second-order valence-electron chi connectivity index (χ2n) is 5.73. The van der Waals surface area contributed by atoms with E-state index in [1.165, 1.54) is 0 Å². The Morgan fingerprint density at radius 3 is 2.16 bits per heavy atom. The van der Waals surface area contributed by atoms with Gasteiger partial charge in [0.2, 0.25) is 0 Å². The first kappa shape index (κ1) is 16.7. The SMILES string of the molecule is CC(Br)CC(OS(=O)(=O)c1ccccc1)C(C)(C)C. The molecule has 0 spiro atoms. The van der Waals surface area contributed by atoms with Crippen molar-refractivity contribution in [1.82, 2.24) is 0 Å². The maximum atomic E-state index is 12.2. The van der Waals surface area contributed by atoms with E-state index in [4.69, 9.17) is 4.18 Å². The Balaban J connectivity index is 2.96. The summed E-state index contributed by atoms with van der Waals surface area (Å²) in [5, 5.41) is 0. The van der Waals surface area contributed by atoms with Crippen molar-refractivity contribution in [3.05, 3.63) is 30.3 Å². The molecule has 0 N–H and O–H groups in total. The molecule has 0 saturated carbocycles. The topological polar surface area (TPSA) is 43.4 Å². The van der Waals surface area contributed by atoms with Crippen LogP contribution in [-0.2, 0) is 14.3 Å². The van der Waals surface area contributed by atoms with Crippen molar-refractivity contribution in [2.24, 2.45) is 5.41 Å². The van der Waals surface area contributed by atoms with Gasteiger partial charge < -0.3 is 0 Å². The number of rotatable bonds is 5. The lowest BCUT2D eigenvalue weighted by Gasteiger charge is -2.30. The van der Waals surface area contributed by atoms with Crippen LogP contribution in [0.15, 0.2) is 35.2 Å². The van der Waals surface area contributed by atoms with Crippen LogP contribution in [0.4, 0.5) is 0 Å². The van der Waals surface area contributed by atoms with E-state index in [1.54, 1.807) is 30.3 Å². The normalized spacial score (nSPS) is 16.1. The monoisotopic (exact) mass is 348 g/mol. The molecular weight excluding hydrogens is 328 g/mol. The van der Waals surface area contributed by atoms with Gasteiger partial charge in [-0.1, -0.05) is 61.8 Å². The fourth-order valence-electron chi connectivity index (χ4n) is 1.63. The van der Waals surface area contributed by atoms with Crippen molar-refractivity contribution < 1.29 is 12.6 Å². The summed E-state index contributed by atoms with van der Waals surface area (Å²) in [7, 11) is -3.71. The van der Waals surface area contributed by atoms with Gasteiger partial charge in [-0.15, -0.1) is 0 Å². The van der Waals surface area contributed by atoms with Gasteiger partial charge in [-0.3, -0.25) is 4.18 Å². The molecule has 0 bridgehead atoms. The zero-order valence-electron chi connectivity index (χ0n) is 11.8. The fourth-order valence-corrected chi connectivity index (χ4v) is 3.24. The summed E-state index contributed by atoms with van der Waals surface area (Å²) in [5.41, 5.74) is -0.246. The summed E-state index contributed by atoms with van der Waals surface area (Å²) in [6, 6.07) is 8.25. The quantitative estimate of drug-likeness (QED) is 0.597. The van der Waals surface area contributed by atoms with Crippen molar-refractivity contribution in [3.63, 3.8) is 0 Å². The first-order valence-electron chi connectivity index (χ1n) is 6.25. The summed E-state index contributed by atoms with van der Waals surface area (Å²) in [4.78, 5) is 0.397. The Bertz CT molecular complexity index is 489. The molecule has 0 aliphatic heterocycles. The molecule has 2 unspecified atom stereocenters. The van der Waals surface area contributed by atoms with Crippen LogP contribution in [-0.4, -0.2) is 19.3 Å². The number of benzene rings is 1. The summed E-state index contributed by atoms with van der Waals surface area (Å²) in [6.45, 7) is 7.92. The lowest BCUT2D eigenvalue weighted by Crippen LogP contribution is -2.33. The Hall–Kier alpha value is -0.390. The highest BCUT2D eigenvalue weighted by Crippen LogP contribution is 2.30. The van der Waals surface area contributed by atoms with Crippen molar-refractivity contribution in [2.75, 3.05) is 0 Å². The van der Waals surface area contributed by atoms with Crippen LogP contribution in [0, 0.1) is 5.41 Å². The Kier molecular flexibility index (Phi) is 5.59. The van der Waals surface area contributed by atoms with E-state index in [1.807, 2.05) is 27.7 Å². The maximum Gasteiger partial charge on any atom is 0.297 e. The van der Waals surface area contributed by atoms with E-state index in [-0.39, 0.29) is 21.2 Å². The van der Waals surface area contributed by atoms with Gasteiger partial charge in [0.25, 0.3) is 10.1 Å². The molecule has 1 aromatic carbocycles. The molecule has 5 heteroatoms. The van der Waals surface area contributed by atoms with Gasteiger partial charge in [-0.25, -0.2) is 0 Å². The molecule has 0 aliphatic carbocycles. The van der Waals surface area contributed by atoms with E-state index in [9.17, 15) is 8.42 Å². The lowest BCUT2D eigenvalue weighted by molar-refractivity contribution is 0.0862. The minimum absolute atomic E-state index is 0.197. The third kappa shape index (κ3) is 5.24. The molecule has 1 aromatic rings. The lowest BCUT2D eigenvalue weighted by atomic mass is 9.87. The predicted molar refractivity (Wildman–Crippen MR) is 81.0 cm³/mol. The van der Waals surface area contributed by atoms with Gasteiger partial charge >= 0.3 is 0 Å². The molecule has 0 saturated heterocycles. The zero-order valence-corrected chi connectivity index (χ0v) is 14.2. The average Bonchev–Trinajstić information content (AvgIpc) is 2.27. The highest BCUT2D eigenvalue weighted by atomic mass is 79.9. The Labute approximate surface area is 124 Å². The van der Waals surface area contributed by atoms with Gasteiger partial charge in [-0.05, 0) is 24.0 Å². The smallest absolute Gasteiger partial charge is 0.262 e. The standard InChI is InChI=1S/C14H21BrO3S/c1-11(15)10-13(14(2,3)4)18-19(16,17)12-8-6-5-7-9-12/h5-9,11,13H,10H2,1-4H3. The molecule has 0 amide bonds. The van der Waals surface area contributed by atoms with Crippen molar-refractivity contribution >= 4 is 26.0 Å². The van der Waals surface area contributed by atoms with E-state index >= 15 is 0 Å². The minimum atomic E-state index is -3.71. The number of hydrogen-bond donors (Lipinski definition) is 0. The number of halogens is 1. The predicted octanol–water partition coefficient (Wildman–Crippen LogP) is 3.98. The van der Waals surface area contributed by atoms with Gasteiger partial charge in [0.1, 0.15) is 0 Å². The van der Waals surface area contributed by atoms with Crippen LogP contribution in [0.1, 0.15) is 34.1 Å². The van der Waals surface area contributed by atoms with Crippen LogP contribution in [0.3, 0.4) is 0 Å². The molecule has 1 rings (SSSR count). The average molecular weight is 349 g/mol. The Morgan fingerprint density at radius 2 is 1.74 bits per heavy atom. The molecule has 19 heavy (non-hydrogen) atoms. The summed E-state index contributed by atoms with van der Waals surface area (Å²) in [5.74, 6) is 0. The summed E-state index contributed by atoms with van der Waals surface area (Å²) in [6.07, 6.45) is 0.266. The Morgan fingerprint density at radius 1 is 1.21 bits per heavy atom. The summed E-state index contributed by atoms with van der Waals surface area (Å²) < 4.78 is 29.9. The first-order chi connectivity index (χ1) is 8.63. The molecule has 0 aliphatic rings. The first-order valence-corrected chi connectivity index (χ1v) is 8.58. The second kappa shape index (κ2) is 6.37. The molecular formula is C14H21BrO3S. The van der Waals surface area contributed by atoms with E-state index in [0.717, 1.165) is 0 Å². The molecule has 0 fully saturated rings. The van der Waals surface area contributed by atoms with Gasteiger partial charge in [0.05, 0.1) is 11.0 Å². The van der Waals surface area contributed by atoms with Crippen molar-refractivity contribution in [3.8, 4) is 0 Å². The van der Waals surface area contributed by atoms with Crippen molar-refractivity contribution in [1.29, 1.82) is 0 Å². The van der Waals surface area contributed by atoms with Crippen molar-refractivity contribution in [2.45, 2.75) is 49.9 Å². The molecule has 2 atom stereocenters. The van der Waals surface area contributed by atoms with Crippen LogP contribution in [0.2, 0.25) is 0 Å². The molecule has 0 heterocycles. The van der Waals surface area contributed by atoms with Crippen LogP contribution in [0.5, 0.6) is 0 Å². The van der Waals surface area contributed by atoms with Crippen LogP contribution < -0.4 is 0 Å². The van der Waals surface area contributed by atoms with E-state index in [0.29, 0.717) is 6.42 Å². The fraction of sp³-hybridized carbons (Fsp3) is 0.571. The number of hydrogen-bond acceptors (Lipinski definition) is 3. The highest BCUT2D eigenvalue weighted by Gasteiger charge is 2.32. The van der Waals surface area contributed by atoms with Gasteiger partial charge in [0, 0.05) is 4.83 Å². The van der Waals surface area contributed by atoms with Crippen LogP contribution in [0.25, 0.3) is 0 Å². The maximum absolute atomic E-state index is 12.2. The third-order valence-electron chi connectivity index (χ3n) is 2.78. The van der Waals surface area contributed by atoms with E-state index < -0.39 is 10.1 Å². The highest BCUT2D eigenvalue weighted by molar-refractivity contribution is 9.09. The second-order valence-corrected chi connectivity index (χ2v) is 8.87. The van der Waals surface area contributed by atoms with Gasteiger partial charge in [-0.2, -0.15) is 8.42 Å². The van der Waals surface area contributed by atoms with Gasteiger partial charge in [0.15, 0.2) is 0 Å². The largest absolute Gasteiger partial charge is 0.297 e. The molecule has 3 nitrogen and oxygen atoms in total.